The van der Waals surface area contributed by atoms with Gasteiger partial charge in [0.15, 0.2) is 0 Å². The van der Waals surface area contributed by atoms with E-state index in [2.05, 4.69) is 29.0 Å². The smallest absolute Gasteiger partial charge is 0.224 e. The van der Waals surface area contributed by atoms with Gasteiger partial charge in [0, 0.05) is 28.9 Å². The van der Waals surface area contributed by atoms with E-state index in [4.69, 9.17) is 4.74 Å². The number of hydrogen-bond donors (Lipinski definition) is 1. The SMILES string of the molecule is CN(C)CCCCCCOc1ncccc1C(=O)c1c[nH]c2ccccc12. The quantitative estimate of drug-likeness (QED) is 0.430. The molecule has 5 heteroatoms. The summed E-state index contributed by atoms with van der Waals surface area (Å²) in [5.74, 6) is 0.350. The molecule has 0 aliphatic heterocycles. The summed E-state index contributed by atoms with van der Waals surface area (Å²) in [5.41, 5.74) is 2.10. The van der Waals surface area contributed by atoms with Gasteiger partial charge in [-0.05, 0) is 51.7 Å². The highest BCUT2D eigenvalue weighted by Crippen LogP contribution is 2.24. The zero-order valence-electron chi connectivity index (χ0n) is 16.1. The average molecular weight is 365 g/mol. The minimum atomic E-state index is -0.0680. The van der Waals surface area contributed by atoms with Crippen LogP contribution in [-0.2, 0) is 0 Å². The third-order valence-electron chi connectivity index (χ3n) is 4.59. The van der Waals surface area contributed by atoms with E-state index >= 15 is 0 Å². The highest BCUT2D eigenvalue weighted by molar-refractivity contribution is 6.17. The average Bonchev–Trinajstić information content (AvgIpc) is 3.11. The molecule has 0 atom stereocenters. The van der Waals surface area contributed by atoms with Gasteiger partial charge in [0.25, 0.3) is 0 Å². The second-order valence-electron chi connectivity index (χ2n) is 7.00. The molecule has 142 valence electrons. The van der Waals surface area contributed by atoms with Gasteiger partial charge >= 0.3 is 0 Å². The minimum absolute atomic E-state index is 0.0680. The molecule has 3 aromatic rings. The summed E-state index contributed by atoms with van der Waals surface area (Å²) in [4.78, 5) is 22.7. The highest BCUT2D eigenvalue weighted by Gasteiger charge is 2.18. The van der Waals surface area contributed by atoms with Crippen molar-refractivity contribution in [2.45, 2.75) is 25.7 Å². The first-order chi connectivity index (χ1) is 13.2. The second kappa shape index (κ2) is 9.33. The molecule has 0 saturated heterocycles. The molecule has 1 aromatic carbocycles. The zero-order chi connectivity index (χ0) is 19.1. The lowest BCUT2D eigenvalue weighted by atomic mass is 10.0. The van der Waals surface area contributed by atoms with Crippen LogP contribution in [-0.4, -0.2) is 47.9 Å². The first kappa shape index (κ1) is 19.1. The van der Waals surface area contributed by atoms with Gasteiger partial charge in [-0.15, -0.1) is 0 Å². The van der Waals surface area contributed by atoms with Gasteiger partial charge < -0.3 is 14.6 Å². The van der Waals surface area contributed by atoms with Gasteiger partial charge in [-0.2, -0.15) is 0 Å². The summed E-state index contributed by atoms with van der Waals surface area (Å²) in [6.45, 7) is 1.69. The number of H-pyrrole nitrogens is 1. The third kappa shape index (κ3) is 4.95. The number of para-hydroxylation sites is 1. The summed E-state index contributed by atoms with van der Waals surface area (Å²) < 4.78 is 5.84. The van der Waals surface area contributed by atoms with Crippen molar-refractivity contribution >= 4 is 16.7 Å². The molecule has 0 aliphatic rings. The molecule has 5 nitrogen and oxygen atoms in total. The molecule has 0 amide bonds. The number of ketones is 1. The van der Waals surface area contributed by atoms with E-state index in [1.165, 1.54) is 12.8 Å². The molecule has 0 unspecified atom stereocenters. The summed E-state index contributed by atoms with van der Waals surface area (Å²) in [6.07, 6.45) is 7.88. The van der Waals surface area contributed by atoms with Gasteiger partial charge in [-0.3, -0.25) is 4.79 Å². The monoisotopic (exact) mass is 365 g/mol. The zero-order valence-corrected chi connectivity index (χ0v) is 16.1. The van der Waals surface area contributed by atoms with E-state index < -0.39 is 0 Å². The van der Waals surface area contributed by atoms with Gasteiger partial charge in [0.05, 0.1) is 12.2 Å². The van der Waals surface area contributed by atoms with Crippen LogP contribution in [0.5, 0.6) is 5.88 Å². The molecule has 0 saturated carbocycles. The van der Waals surface area contributed by atoms with Crippen LogP contribution in [0.1, 0.15) is 41.6 Å². The molecule has 2 heterocycles. The fourth-order valence-electron chi connectivity index (χ4n) is 3.14. The standard InChI is InChI=1S/C22H27N3O2/c1-25(2)14-7-3-4-8-15-27-22-18(11-9-13-23-22)21(26)19-16-24-20-12-6-5-10-17(19)20/h5-6,9-13,16,24H,3-4,7-8,14-15H2,1-2H3. The number of nitrogens with zero attached hydrogens (tertiary/aromatic N) is 2. The minimum Gasteiger partial charge on any atom is -0.477 e. The van der Waals surface area contributed by atoms with E-state index in [-0.39, 0.29) is 5.78 Å². The number of carbonyl (C=O) groups excluding carboxylic acids is 1. The topological polar surface area (TPSA) is 58.2 Å². The van der Waals surface area contributed by atoms with Crippen LogP contribution in [0.2, 0.25) is 0 Å². The normalized spacial score (nSPS) is 11.2. The lowest BCUT2D eigenvalue weighted by Gasteiger charge is -2.10. The Hall–Kier alpha value is -2.66. The molecule has 3 rings (SSSR count). The number of fused-ring (bicyclic) bond motifs is 1. The number of aromatic nitrogens is 2. The molecule has 0 bridgehead atoms. The van der Waals surface area contributed by atoms with Crippen LogP contribution < -0.4 is 4.74 Å². The van der Waals surface area contributed by atoms with Gasteiger partial charge in [-0.25, -0.2) is 4.98 Å². The van der Waals surface area contributed by atoms with Crippen molar-refractivity contribution in [3.8, 4) is 5.88 Å². The van der Waals surface area contributed by atoms with Crippen LogP contribution in [0.4, 0.5) is 0 Å². The van der Waals surface area contributed by atoms with Crippen molar-refractivity contribution in [1.82, 2.24) is 14.9 Å². The Morgan fingerprint density at radius 3 is 2.70 bits per heavy atom. The lowest BCUT2D eigenvalue weighted by Crippen LogP contribution is -2.12. The lowest BCUT2D eigenvalue weighted by molar-refractivity contribution is 0.103. The fourth-order valence-corrected chi connectivity index (χ4v) is 3.14. The van der Waals surface area contributed by atoms with E-state index in [9.17, 15) is 4.79 Å². The van der Waals surface area contributed by atoms with E-state index in [1.807, 2.05) is 24.3 Å². The number of carbonyl (C=O) groups is 1. The molecule has 0 radical (unpaired) electrons. The number of pyridine rings is 1. The number of benzene rings is 1. The fraction of sp³-hybridized carbons (Fsp3) is 0.364. The Balaban J connectivity index is 1.61. The number of ether oxygens (including phenoxy) is 1. The summed E-state index contributed by atoms with van der Waals surface area (Å²) in [5, 5.41) is 0.915. The molecular formula is C22H27N3O2. The van der Waals surface area contributed by atoms with Crippen LogP contribution >= 0.6 is 0 Å². The van der Waals surface area contributed by atoms with Crippen molar-refractivity contribution < 1.29 is 9.53 Å². The Labute approximate surface area is 160 Å². The molecule has 0 aliphatic carbocycles. The maximum absolute atomic E-state index is 13.0. The van der Waals surface area contributed by atoms with Gasteiger partial charge in [-0.1, -0.05) is 31.0 Å². The maximum Gasteiger partial charge on any atom is 0.224 e. The number of nitrogens with one attached hydrogen (secondary N) is 1. The molecule has 2 aromatic heterocycles. The van der Waals surface area contributed by atoms with Crippen molar-refractivity contribution in [2.75, 3.05) is 27.2 Å². The third-order valence-corrected chi connectivity index (χ3v) is 4.59. The maximum atomic E-state index is 13.0. The van der Waals surface area contributed by atoms with E-state index in [1.54, 1.807) is 24.5 Å². The molecular weight excluding hydrogens is 338 g/mol. The predicted octanol–water partition coefficient (Wildman–Crippen LogP) is 4.29. The Bertz CT molecular complexity index is 886. The van der Waals surface area contributed by atoms with E-state index in [0.717, 1.165) is 30.3 Å². The highest BCUT2D eigenvalue weighted by atomic mass is 16.5. The number of rotatable bonds is 10. The second-order valence-corrected chi connectivity index (χ2v) is 7.00. The van der Waals surface area contributed by atoms with Crippen molar-refractivity contribution in [3.05, 3.63) is 59.9 Å². The van der Waals surface area contributed by atoms with Gasteiger partial charge in [0.2, 0.25) is 11.7 Å². The number of hydrogen-bond acceptors (Lipinski definition) is 4. The summed E-state index contributed by atoms with van der Waals surface area (Å²) in [6, 6.07) is 11.3. The molecule has 27 heavy (non-hydrogen) atoms. The summed E-state index contributed by atoms with van der Waals surface area (Å²) >= 11 is 0. The first-order valence-corrected chi connectivity index (χ1v) is 9.50. The first-order valence-electron chi connectivity index (χ1n) is 9.50. The predicted molar refractivity (Wildman–Crippen MR) is 108 cm³/mol. The Kier molecular flexibility index (Phi) is 6.60. The molecule has 1 N–H and O–H groups in total. The van der Waals surface area contributed by atoms with Crippen molar-refractivity contribution in [3.63, 3.8) is 0 Å². The number of aromatic amines is 1. The van der Waals surface area contributed by atoms with Crippen LogP contribution in [0.15, 0.2) is 48.8 Å². The van der Waals surface area contributed by atoms with Crippen molar-refractivity contribution in [1.29, 1.82) is 0 Å². The van der Waals surface area contributed by atoms with Crippen LogP contribution in [0.25, 0.3) is 10.9 Å². The number of unbranched alkanes of at least 4 members (excludes halogenated alkanes) is 3. The van der Waals surface area contributed by atoms with Crippen LogP contribution in [0, 0.1) is 0 Å². The molecule has 0 spiro atoms. The van der Waals surface area contributed by atoms with Gasteiger partial charge in [0.1, 0.15) is 0 Å². The Morgan fingerprint density at radius 1 is 1.04 bits per heavy atom. The van der Waals surface area contributed by atoms with Crippen molar-refractivity contribution in [2.24, 2.45) is 0 Å². The molecule has 0 fully saturated rings. The van der Waals surface area contributed by atoms with E-state index in [0.29, 0.717) is 23.6 Å². The largest absolute Gasteiger partial charge is 0.477 e. The van der Waals surface area contributed by atoms with Crippen LogP contribution in [0.3, 0.4) is 0 Å². The Morgan fingerprint density at radius 2 is 1.85 bits per heavy atom. The summed E-state index contributed by atoms with van der Waals surface area (Å²) in [7, 11) is 4.19.